The summed E-state index contributed by atoms with van der Waals surface area (Å²) in [5, 5.41) is 0. The molecule has 0 N–H and O–H groups in total. The van der Waals surface area contributed by atoms with Crippen LogP contribution in [0.1, 0.15) is 37.7 Å². The van der Waals surface area contributed by atoms with Gasteiger partial charge in [-0.3, -0.25) is 4.79 Å². The first-order valence-electron chi connectivity index (χ1n) is 8.20. The number of ether oxygens (including phenoxy) is 1. The van der Waals surface area contributed by atoms with Crippen molar-refractivity contribution in [3.63, 3.8) is 0 Å². The molecule has 0 amide bonds. The van der Waals surface area contributed by atoms with Crippen molar-refractivity contribution in [1.82, 2.24) is 0 Å². The second kappa shape index (κ2) is 5.63. The zero-order chi connectivity index (χ0) is 15.3. The van der Waals surface area contributed by atoms with Crippen molar-refractivity contribution in [2.45, 2.75) is 38.7 Å². The maximum absolute atomic E-state index is 13.1. The van der Waals surface area contributed by atoms with Gasteiger partial charge in [-0.2, -0.15) is 0 Å². The molecular formula is C18H20BrFO2. The lowest BCUT2D eigenvalue weighted by Gasteiger charge is -2.53. The fourth-order valence-corrected chi connectivity index (χ4v) is 5.66. The number of benzene rings is 1. The van der Waals surface area contributed by atoms with Gasteiger partial charge in [-0.15, -0.1) is 0 Å². The Labute approximate surface area is 138 Å². The van der Waals surface area contributed by atoms with Crippen molar-refractivity contribution in [3.8, 4) is 0 Å². The molecular weight excluding hydrogens is 347 g/mol. The smallest absolute Gasteiger partial charge is 0.309 e. The molecule has 4 bridgehead atoms. The second-order valence-electron chi connectivity index (χ2n) is 7.30. The molecule has 0 heterocycles. The van der Waals surface area contributed by atoms with Gasteiger partial charge in [-0.1, -0.05) is 22.0 Å². The number of carbonyl (C=O) groups is 1. The van der Waals surface area contributed by atoms with Crippen molar-refractivity contribution in [2.75, 3.05) is 0 Å². The fourth-order valence-electron chi connectivity index (χ4n) is 5.19. The number of halogens is 2. The lowest BCUT2D eigenvalue weighted by Crippen LogP contribution is -2.48. The molecule has 0 aliphatic heterocycles. The van der Waals surface area contributed by atoms with Crippen LogP contribution in [0.25, 0.3) is 0 Å². The van der Waals surface area contributed by atoms with Gasteiger partial charge in [0.25, 0.3) is 0 Å². The summed E-state index contributed by atoms with van der Waals surface area (Å²) in [7, 11) is 0. The van der Waals surface area contributed by atoms with Crippen LogP contribution in [0.3, 0.4) is 0 Å². The Morgan fingerprint density at radius 2 is 1.77 bits per heavy atom. The third kappa shape index (κ3) is 2.60. The molecule has 2 nitrogen and oxygen atoms in total. The van der Waals surface area contributed by atoms with Crippen LogP contribution in [0, 0.1) is 35.4 Å². The predicted molar refractivity (Wildman–Crippen MR) is 84.4 cm³/mol. The molecule has 0 spiro atoms. The van der Waals surface area contributed by atoms with Gasteiger partial charge in [0.2, 0.25) is 0 Å². The second-order valence-corrected chi connectivity index (χ2v) is 8.15. The van der Waals surface area contributed by atoms with Gasteiger partial charge in [-0.25, -0.2) is 4.39 Å². The van der Waals surface area contributed by atoms with Crippen molar-refractivity contribution in [3.05, 3.63) is 34.1 Å². The van der Waals surface area contributed by atoms with Gasteiger partial charge in [0.15, 0.2) is 0 Å². The average molecular weight is 367 g/mol. The highest BCUT2D eigenvalue weighted by atomic mass is 79.9. The molecule has 0 radical (unpaired) electrons. The van der Waals surface area contributed by atoms with Crippen LogP contribution in [-0.4, -0.2) is 5.97 Å². The summed E-state index contributed by atoms with van der Waals surface area (Å²) in [5.74, 6) is 2.58. The predicted octanol–water partition coefficient (Wildman–Crippen LogP) is 4.70. The molecule has 4 aliphatic carbocycles. The zero-order valence-electron chi connectivity index (χ0n) is 12.4. The van der Waals surface area contributed by atoms with Crippen LogP contribution in [0.15, 0.2) is 22.7 Å². The normalized spacial score (nSPS) is 35.6. The maximum atomic E-state index is 13.1. The van der Waals surface area contributed by atoms with Crippen LogP contribution < -0.4 is 0 Å². The van der Waals surface area contributed by atoms with Gasteiger partial charge in [-0.05, 0) is 67.9 Å². The Hall–Kier alpha value is -0.900. The number of hydrogen-bond acceptors (Lipinski definition) is 2. The van der Waals surface area contributed by atoms with Gasteiger partial charge in [0.1, 0.15) is 12.4 Å². The molecule has 0 atom stereocenters. The first kappa shape index (κ1) is 14.7. The summed E-state index contributed by atoms with van der Waals surface area (Å²) < 4.78 is 19.3. The summed E-state index contributed by atoms with van der Waals surface area (Å²) in [5.41, 5.74) is 0.818. The van der Waals surface area contributed by atoms with E-state index in [-0.39, 0.29) is 24.3 Å². The van der Waals surface area contributed by atoms with Crippen LogP contribution in [-0.2, 0) is 16.1 Å². The minimum Gasteiger partial charge on any atom is -0.461 e. The van der Waals surface area contributed by atoms with Gasteiger partial charge in [0.05, 0.1) is 5.92 Å². The molecule has 0 saturated heterocycles. The number of rotatable bonds is 3. The van der Waals surface area contributed by atoms with Crippen LogP contribution in [0.4, 0.5) is 4.39 Å². The SMILES string of the molecule is O=C(OCc1ccc(F)cc1Br)C1C2CC3CC(C2)CC1C3. The largest absolute Gasteiger partial charge is 0.461 e. The molecule has 1 aromatic carbocycles. The first-order chi connectivity index (χ1) is 10.6. The molecule has 0 unspecified atom stereocenters. The topological polar surface area (TPSA) is 26.3 Å². The van der Waals surface area contributed by atoms with Crippen molar-refractivity contribution < 1.29 is 13.9 Å². The minimum atomic E-state index is -0.289. The lowest BCUT2D eigenvalue weighted by molar-refractivity contribution is -0.163. The van der Waals surface area contributed by atoms with Gasteiger partial charge in [0, 0.05) is 10.0 Å². The van der Waals surface area contributed by atoms with Crippen molar-refractivity contribution >= 4 is 21.9 Å². The molecule has 4 heteroatoms. The summed E-state index contributed by atoms with van der Waals surface area (Å²) in [6.07, 6.45) is 6.25. The van der Waals surface area contributed by atoms with E-state index in [0.717, 1.165) is 17.4 Å². The van der Waals surface area contributed by atoms with E-state index in [1.165, 1.54) is 44.2 Å². The Morgan fingerprint density at radius 1 is 1.14 bits per heavy atom. The summed E-state index contributed by atoms with van der Waals surface area (Å²) in [4.78, 5) is 12.6. The summed E-state index contributed by atoms with van der Waals surface area (Å²) in [6, 6.07) is 4.48. The molecule has 4 fully saturated rings. The lowest BCUT2D eigenvalue weighted by atomic mass is 9.52. The van der Waals surface area contributed by atoms with Gasteiger partial charge >= 0.3 is 5.97 Å². The summed E-state index contributed by atoms with van der Waals surface area (Å²) >= 11 is 3.32. The van der Waals surface area contributed by atoms with Crippen molar-refractivity contribution in [1.29, 1.82) is 0 Å². The highest BCUT2D eigenvalue weighted by Gasteiger charge is 2.51. The van der Waals surface area contributed by atoms with Crippen LogP contribution >= 0.6 is 15.9 Å². The fraction of sp³-hybridized carbons (Fsp3) is 0.611. The third-order valence-electron chi connectivity index (χ3n) is 5.88. The molecule has 22 heavy (non-hydrogen) atoms. The molecule has 0 aromatic heterocycles. The Kier molecular flexibility index (Phi) is 3.75. The minimum absolute atomic E-state index is 0.0370. The highest BCUT2D eigenvalue weighted by Crippen LogP contribution is 2.56. The standard InChI is InChI=1S/C18H20BrFO2/c19-16-8-15(20)2-1-12(16)9-22-18(21)17-13-4-10-3-11(6-13)7-14(17)5-10/h1-2,8,10-11,13-14,17H,3-7,9H2. The van der Waals surface area contributed by atoms with E-state index in [9.17, 15) is 9.18 Å². The number of hydrogen-bond donors (Lipinski definition) is 0. The number of esters is 1. The Balaban J connectivity index is 1.42. The summed E-state index contributed by atoms with van der Waals surface area (Å²) in [6.45, 7) is 0.225. The molecule has 1 aromatic rings. The quantitative estimate of drug-likeness (QED) is 0.724. The molecule has 4 saturated carbocycles. The molecule has 118 valence electrons. The molecule has 5 rings (SSSR count). The van der Waals surface area contributed by atoms with Crippen molar-refractivity contribution in [2.24, 2.45) is 29.6 Å². The zero-order valence-corrected chi connectivity index (χ0v) is 14.0. The highest BCUT2D eigenvalue weighted by molar-refractivity contribution is 9.10. The maximum Gasteiger partial charge on any atom is 0.309 e. The van der Waals surface area contributed by atoms with E-state index in [0.29, 0.717) is 16.3 Å². The van der Waals surface area contributed by atoms with E-state index in [1.807, 2.05) is 0 Å². The van der Waals surface area contributed by atoms with E-state index in [2.05, 4.69) is 15.9 Å². The Morgan fingerprint density at radius 3 is 2.36 bits per heavy atom. The molecule has 4 aliphatic rings. The van der Waals surface area contributed by atoms with Gasteiger partial charge < -0.3 is 4.74 Å². The monoisotopic (exact) mass is 366 g/mol. The van der Waals surface area contributed by atoms with Crippen LogP contribution in [0.5, 0.6) is 0 Å². The number of carbonyl (C=O) groups excluding carboxylic acids is 1. The first-order valence-corrected chi connectivity index (χ1v) is 9.00. The third-order valence-corrected chi connectivity index (χ3v) is 6.62. The Bertz CT molecular complexity index is 573. The van der Waals surface area contributed by atoms with E-state index in [1.54, 1.807) is 6.07 Å². The van der Waals surface area contributed by atoms with E-state index < -0.39 is 0 Å². The van der Waals surface area contributed by atoms with E-state index >= 15 is 0 Å². The average Bonchev–Trinajstić information content (AvgIpc) is 2.45. The van der Waals surface area contributed by atoms with E-state index in [4.69, 9.17) is 4.74 Å². The van der Waals surface area contributed by atoms with Crippen LogP contribution in [0.2, 0.25) is 0 Å².